The van der Waals surface area contributed by atoms with Crippen LogP contribution in [0, 0.1) is 18.6 Å². The lowest BCUT2D eigenvalue weighted by atomic mass is 10.3. The Morgan fingerprint density at radius 2 is 1.85 bits per heavy atom. The first-order valence-corrected chi connectivity index (χ1v) is 7.26. The van der Waals surface area contributed by atoms with Crippen molar-refractivity contribution in [2.24, 2.45) is 0 Å². The van der Waals surface area contributed by atoms with Crippen LogP contribution in [0.4, 0.5) is 14.5 Å². The normalized spacial score (nSPS) is 11.4. The monoisotopic (exact) mass is 318 g/mol. The molecule has 0 saturated heterocycles. The number of aromatic nitrogens is 1. The summed E-state index contributed by atoms with van der Waals surface area (Å²) in [6, 6.07) is 4.19. The highest BCUT2D eigenvalue weighted by Gasteiger charge is 2.24. The molecule has 0 amide bonds. The van der Waals surface area contributed by atoms with Crippen molar-refractivity contribution in [2.45, 2.75) is 11.8 Å². The molecule has 2 aromatic rings. The first-order valence-electron chi connectivity index (χ1n) is 5.40. The molecule has 8 heteroatoms. The SMILES string of the molecule is Cc1cnc(Cl)c(NS(=O)(=O)c2c(F)cccc2F)c1. The minimum Gasteiger partial charge on any atom is -0.276 e. The van der Waals surface area contributed by atoms with Gasteiger partial charge in [0.1, 0.15) is 11.6 Å². The van der Waals surface area contributed by atoms with Crippen molar-refractivity contribution in [1.82, 2.24) is 4.98 Å². The molecule has 0 radical (unpaired) electrons. The van der Waals surface area contributed by atoms with Crippen LogP contribution in [0.2, 0.25) is 5.15 Å². The molecule has 2 rings (SSSR count). The summed E-state index contributed by atoms with van der Waals surface area (Å²) in [5, 5.41) is -0.115. The van der Waals surface area contributed by atoms with E-state index in [-0.39, 0.29) is 10.8 Å². The van der Waals surface area contributed by atoms with Crippen molar-refractivity contribution in [3.05, 3.63) is 52.8 Å². The van der Waals surface area contributed by atoms with Gasteiger partial charge in [-0.2, -0.15) is 0 Å². The molecule has 106 valence electrons. The Labute approximate surface area is 119 Å². The van der Waals surface area contributed by atoms with Crippen LogP contribution >= 0.6 is 11.6 Å². The topological polar surface area (TPSA) is 59.1 Å². The van der Waals surface area contributed by atoms with Gasteiger partial charge in [-0.05, 0) is 30.7 Å². The Hall–Kier alpha value is -1.73. The fourth-order valence-electron chi connectivity index (χ4n) is 1.56. The number of pyridine rings is 1. The predicted molar refractivity (Wildman–Crippen MR) is 71.2 cm³/mol. The van der Waals surface area contributed by atoms with E-state index in [1.54, 1.807) is 6.92 Å². The lowest BCUT2D eigenvalue weighted by Gasteiger charge is -2.11. The van der Waals surface area contributed by atoms with E-state index in [0.717, 1.165) is 18.2 Å². The van der Waals surface area contributed by atoms with Crippen molar-refractivity contribution < 1.29 is 17.2 Å². The highest BCUT2D eigenvalue weighted by atomic mass is 35.5. The van der Waals surface area contributed by atoms with Gasteiger partial charge in [0.05, 0.1) is 5.69 Å². The Morgan fingerprint density at radius 1 is 1.25 bits per heavy atom. The van der Waals surface area contributed by atoms with E-state index in [1.807, 2.05) is 4.72 Å². The zero-order chi connectivity index (χ0) is 14.9. The third-order valence-corrected chi connectivity index (χ3v) is 4.13. The van der Waals surface area contributed by atoms with E-state index in [4.69, 9.17) is 11.6 Å². The van der Waals surface area contributed by atoms with Crippen molar-refractivity contribution in [3.63, 3.8) is 0 Å². The first kappa shape index (κ1) is 14.7. The number of nitrogens with one attached hydrogen (secondary N) is 1. The fraction of sp³-hybridized carbons (Fsp3) is 0.0833. The van der Waals surface area contributed by atoms with Gasteiger partial charge in [0.15, 0.2) is 10.0 Å². The standard InChI is InChI=1S/C12H9ClF2N2O2S/c1-7-5-10(12(13)16-6-7)17-20(18,19)11-8(14)3-2-4-9(11)15/h2-6,17H,1H3. The van der Waals surface area contributed by atoms with Gasteiger partial charge >= 0.3 is 0 Å². The van der Waals surface area contributed by atoms with Crippen molar-refractivity contribution in [1.29, 1.82) is 0 Å². The number of anilines is 1. The molecule has 1 heterocycles. The zero-order valence-electron chi connectivity index (χ0n) is 10.2. The number of hydrogen-bond donors (Lipinski definition) is 1. The third kappa shape index (κ3) is 2.88. The number of aryl methyl sites for hydroxylation is 1. The van der Waals surface area contributed by atoms with Crippen LogP contribution in [0.5, 0.6) is 0 Å². The van der Waals surface area contributed by atoms with Gasteiger partial charge in [-0.25, -0.2) is 22.2 Å². The van der Waals surface area contributed by atoms with E-state index >= 15 is 0 Å². The summed E-state index contributed by atoms with van der Waals surface area (Å²) >= 11 is 5.74. The van der Waals surface area contributed by atoms with Gasteiger partial charge in [0, 0.05) is 6.20 Å². The van der Waals surface area contributed by atoms with Gasteiger partial charge < -0.3 is 0 Å². The molecule has 0 aliphatic heterocycles. The van der Waals surface area contributed by atoms with Gasteiger partial charge in [-0.1, -0.05) is 17.7 Å². The molecule has 1 aromatic heterocycles. The third-order valence-electron chi connectivity index (χ3n) is 2.41. The van der Waals surface area contributed by atoms with E-state index in [1.165, 1.54) is 12.3 Å². The van der Waals surface area contributed by atoms with E-state index in [9.17, 15) is 17.2 Å². The van der Waals surface area contributed by atoms with E-state index in [0.29, 0.717) is 5.56 Å². The molecule has 0 unspecified atom stereocenters. The largest absolute Gasteiger partial charge is 0.276 e. The summed E-state index contributed by atoms with van der Waals surface area (Å²) < 4.78 is 53.1. The molecule has 0 saturated carbocycles. The van der Waals surface area contributed by atoms with Crippen LogP contribution in [-0.2, 0) is 10.0 Å². The summed E-state index contributed by atoms with van der Waals surface area (Å²) in [7, 11) is -4.44. The molecular weight excluding hydrogens is 310 g/mol. The zero-order valence-corrected chi connectivity index (χ0v) is 11.8. The highest BCUT2D eigenvalue weighted by Crippen LogP contribution is 2.25. The second-order valence-corrected chi connectivity index (χ2v) is 5.98. The molecular formula is C12H9ClF2N2O2S. The molecule has 0 spiro atoms. The molecule has 0 aliphatic carbocycles. The van der Waals surface area contributed by atoms with Crippen LogP contribution in [0.25, 0.3) is 0 Å². The van der Waals surface area contributed by atoms with Crippen molar-refractivity contribution in [3.8, 4) is 0 Å². The lowest BCUT2D eigenvalue weighted by molar-refractivity contribution is 0.521. The quantitative estimate of drug-likeness (QED) is 0.885. The van der Waals surface area contributed by atoms with E-state index in [2.05, 4.69) is 4.98 Å². The molecule has 0 fully saturated rings. The van der Waals surface area contributed by atoms with Crippen LogP contribution in [0.15, 0.2) is 35.4 Å². The van der Waals surface area contributed by atoms with Gasteiger partial charge in [-0.15, -0.1) is 0 Å². The van der Waals surface area contributed by atoms with Gasteiger partial charge in [0.25, 0.3) is 10.0 Å². The molecule has 0 aliphatic rings. The summed E-state index contributed by atoms with van der Waals surface area (Å²) in [5.41, 5.74) is 0.593. The molecule has 20 heavy (non-hydrogen) atoms. The van der Waals surface area contributed by atoms with Crippen molar-refractivity contribution >= 4 is 27.3 Å². The Kier molecular flexibility index (Phi) is 3.92. The number of halogens is 3. The summed E-state index contributed by atoms with van der Waals surface area (Å²) in [4.78, 5) is 2.69. The average molecular weight is 319 g/mol. The molecule has 1 N–H and O–H groups in total. The Balaban J connectivity index is 2.49. The van der Waals surface area contributed by atoms with Crippen LogP contribution < -0.4 is 4.72 Å². The van der Waals surface area contributed by atoms with Gasteiger partial charge in [-0.3, -0.25) is 4.72 Å². The van der Waals surface area contributed by atoms with Crippen LogP contribution in [0.3, 0.4) is 0 Å². The number of hydrogen-bond acceptors (Lipinski definition) is 3. The van der Waals surface area contributed by atoms with E-state index < -0.39 is 26.6 Å². The lowest BCUT2D eigenvalue weighted by Crippen LogP contribution is -2.17. The summed E-state index contributed by atoms with van der Waals surface area (Å²) in [6.07, 6.45) is 1.43. The minimum atomic E-state index is -4.44. The maximum absolute atomic E-state index is 13.5. The summed E-state index contributed by atoms with van der Waals surface area (Å²) in [6.45, 7) is 1.67. The van der Waals surface area contributed by atoms with Crippen molar-refractivity contribution in [2.75, 3.05) is 4.72 Å². The molecule has 0 atom stereocenters. The predicted octanol–water partition coefficient (Wildman–Crippen LogP) is 3.12. The number of nitrogens with zero attached hydrogens (tertiary/aromatic N) is 1. The Morgan fingerprint density at radius 3 is 2.45 bits per heavy atom. The highest BCUT2D eigenvalue weighted by molar-refractivity contribution is 7.92. The van der Waals surface area contributed by atoms with Crippen LogP contribution in [-0.4, -0.2) is 13.4 Å². The number of rotatable bonds is 3. The Bertz CT molecular complexity index is 746. The average Bonchev–Trinajstić information content (AvgIpc) is 2.33. The van der Waals surface area contributed by atoms with Gasteiger partial charge in [0.2, 0.25) is 0 Å². The molecule has 4 nitrogen and oxygen atoms in total. The second-order valence-electron chi connectivity index (χ2n) is 4.01. The number of benzene rings is 1. The fourth-order valence-corrected chi connectivity index (χ4v) is 2.96. The van der Waals surface area contributed by atoms with Crippen LogP contribution in [0.1, 0.15) is 5.56 Å². The number of sulfonamides is 1. The molecule has 1 aromatic carbocycles. The maximum atomic E-state index is 13.5. The molecule has 0 bridgehead atoms. The minimum absolute atomic E-state index is 0.0469. The maximum Gasteiger partial charge on any atom is 0.267 e. The smallest absolute Gasteiger partial charge is 0.267 e. The summed E-state index contributed by atoms with van der Waals surface area (Å²) in [5.74, 6) is -2.37. The second kappa shape index (κ2) is 5.34. The first-order chi connectivity index (χ1) is 9.31.